The van der Waals surface area contributed by atoms with Gasteiger partial charge in [-0.15, -0.1) is 0 Å². The molecule has 3 heterocycles. The average molecular weight is 352 g/mol. The lowest BCUT2D eigenvalue weighted by molar-refractivity contribution is 0.102. The van der Waals surface area contributed by atoms with Gasteiger partial charge in [0.05, 0.1) is 11.4 Å². The third-order valence-electron chi connectivity index (χ3n) is 4.63. The Morgan fingerprint density at radius 2 is 1.89 bits per heavy atom. The van der Waals surface area contributed by atoms with Crippen LogP contribution < -0.4 is 5.32 Å². The molecule has 0 bridgehead atoms. The number of fused-ring (bicyclic) bond motifs is 2. The average Bonchev–Trinajstić information content (AvgIpc) is 3.34. The lowest BCUT2D eigenvalue weighted by Crippen LogP contribution is -2.12. The van der Waals surface area contributed by atoms with E-state index in [1.807, 2.05) is 89.7 Å². The van der Waals surface area contributed by atoms with E-state index in [1.165, 1.54) is 0 Å². The fourth-order valence-electron chi connectivity index (χ4n) is 3.27. The lowest BCUT2D eigenvalue weighted by Gasteiger charge is -2.09. The van der Waals surface area contributed by atoms with Gasteiger partial charge in [-0.1, -0.05) is 24.3 Å². The number of H-pyrrole nitrogens is 1. The molecule has 0 aliphatic rings. The van der Waals surface area contributed by atoms with Gasteiger partial charge in [0, 0.05) is 40.6 Å². The van der Waals surface area contributed by atoms with Crippen LogP contribution in [0.1, 0.15) is 10.4 Å². The summed E-state index contributed by atoms with van der Waals surface area (Å²) in [5.41, 5.74) is 4.94. The summed E-state index contributed by atoms with van der Waals surface area (Å²) in [5.74, 6) is -0.144. The summed E-state index contributed by atoms with van der Waals surface area (Å²) >= 11 is 0. The number of anilines is 1. The van der Waals surface area contributed by atoms with E-state index in [9.17, 15) is 4.79 Å². The van der Waals surface area contributed by atoms with E-state index in [0.29, 0.717) is 5.56 Å². The van der Waals surface area contributed by atoms with Gasteiger partial charge in [-0.25, -0.2) is 4.98 Å². The molecule has 0 aliphatic heterocycles. The quantitative estimate of drug-likeness (QED) is 0.493. The maximum Gasteiger partial charge on any atom is 0.255 e. The molecule has 3 aromatic heterocycles. The molecule has 5 nitrogen and oxygen atoms in total. The number of carbonyl (C=O) groups excluding carboxylic acids is 1. The van der Waals surface area contributed by atoms with Crippen LogP contribution in [-0.2, 0) is 0 Å². The summed E-state index contributed by atoms with van der Waals surface area (Å²) < 4.78 is 1.97. The van der Waals surface area contributed by atoms with Crippen molar-refractivity contribution in [2.45, 2.75) is 0 Å². The molecule has 1 amide bonds. The van der Waals surface area contributed by atoms with E-state index in [-0.39, 0.29) is 5.91 Å². The first-order chi connectivity index (χ1) is 13.3. The summed E-state index contributed by atoms with van der Waals surface area (Å²) in [6, 6.07) is 21.2. The van der Waals surface area contributed by atoms with Crippen molar-refractivity contribution in [1.29, 1.82) is 0 Å². The summed E-state index contributed by atoms with van der Waals surface area (Å²) in [7, 11) is 0. The second-order valence-corrected chi connectivity index (χ2v) is 6.37. The number of benzene rings is 2. The fourth-order valence-corrected chi connectivity index (χ4v) is 3.27. The SMILES string of the molecule is O=C(Nc1ccccc1-c1cn2ccccc2n1)c1ccc2[nH]ccc2c1. The predicted octanol–water partition coefficient (Wildman–Crippen LogP) is 4.73. The van der Waals surface area contributed by atoms with Gasteiger partial charge in [0.1, 0.15) is 5.65 Å². The van der Waals surface area contributed by atoms with Crippen LogP contribution in [0.15, 0.2) is 85.3 Å². The van der Waals surface area contributed by atoms with Crippen LogP contribution in [0.4, 0.5) is 5.69 Å². The van der Waals surface area contributed by atoms with E-state index >= 15 is 0 Å². The summed E-state index contributed by atoms with van der Waals surface area (Å²) in [4.78, 5) is 20.6. The number of aromatic nitrogens is 3. The van der Waals surface area contributed by atoms with Crippen LogP contribution in [0, 0.1) is 0 Å². The zero-order chi connectivity index (χ0) is 18.2. The van der Waals surface area contributed by atoms with Crippen LogP contribution in [0.25, 0.3) is 27.8 Å². The van der Waals surface area contributed by atoms with Crippen molar-refractivity contribution in [2.75, 3.05) is 5.32 Å². The zero-order valence-electron chi connectivity index (χ0n) is 14.4. The Labute approximate surface area is 155 Å². The first kappa shape index (κ1) is 15.4. The number of aromatic amines is 1. The minimum atomic E-state index is -0.144. The Kier molecular flexibility index (Phi) is 3.50. The molecule has 0 unspecified atom stereocenters. The molecule has 0 atom stereocenters. The second-order valence-electron chi connectivity index (χ2n) is 6.37. The Hall–Kier alpha value is -3.86. The number of nitrogens with one attached hydrogen (secondary N) is 2. The molecule has 0 saturated carbocycles. The highest BCUT2D eigenvalue weighted by Gasteiger charge is 2.13. The van der Waals surface area contributed by atoms with E-state index in [2.05, 4.69) is 15.3 Å². The fraction of sp³-hybridized carbons (Fsp3) is 0. The van der Waals surface area contributed by atoms with Crippen LogP contribution in [-0.4, -0.2) is 20.3 Å². The maximum absolute atomic E-state index is 12.8. The standard InChI is InChI=1S/C22H16N4O/c27-22(16-8-9-18-15(13-16)10-11-23-18)25-19-6-2-1-5-17(19)20-14-26-12-4-3-7-21(26)24-20/h1-14,23H,(H,25,27). The molecule has 2 aromatic carbocycles. The van der Waals surface area contributed by atoms with Gasteiger partial charge in [-0.05, 0) is 42.5 Å². The number of carbonyl (C=O) groups is 1. The summed E-state index contributed by atoms with van der Waals surface area (Å²) in [6.07, 6.45) is 5.79. The van der Waals surface area contributed by atoms with Crippen LogP contribution in [0.2, 0.25) is 0 Å². The van der Waals surface area contributed by atoms with Crippen molar-refractivity contribution in [3.63, 3.8) is 0 Å². The van der Waals surface area contributed by atoms with E-state index in [4.69, 9.17) is 0 Å². The van der Waals surface area contributed by atoms with Gasteiger partial charge in [-0.2, -0.15) is 0 Å². The molecular weight excluding hydrogens is 336 g/mol. The van der Waals surface area contributed by atoms with Gasteiger partial charge in [0.15, 0.2) is 0 Å². The predicted molar refractivity (Wildman–Crippen MR) is 107 cm³/mol. The maximum atomic E-state index is 12.8. The van der Waals surface area contributed by atoms with Crippen molar-refractivity contribution in [3.8, 4) is 11.3 Å². The van der Waals surface area contributed by atoms with Gasteiger partial charge in [0.25, 0.3) is 5.91 Å². The third kappa shape index (κ3) is 2.75. The number of rotatable bonds is 3. The summed E-state index contributed by atoms with van der Waals surface area (Å²) in [5, 5.41) is 4.04. The van der Waals surface area contributed by atoms with Crippen molar-refractivity contribution in [1.82, 2.24) is 14.4 Å². The molecule has 0 fully saturated rings. The highest BCUT2D eigenvalue weighted by atomic mass is 16.1. The number of hydrogen-bond donors (Lipinski definition) is 2. The van der Waals surface area contributed by atoms with Gasteiger partial charge < -0.3 is 14.7 Å². The minimum absolute atomic E-state index is 0.144. The Morgan fingerprint density at radius 1 is 1.00 bits per heavy atom. The lowest BCUT2D eigenvalue weighted by atomic mass is 10.1. The van der Waals surface area contributed by atoms with Crippen LogP contribution in [0.3, 0.4) is 0 Å². The smallest absolute Gasteiger partial charge is 0.255 e. The topological polar surface area (TPSA) is 62.2 Å². The molecule has 5 heteroatoms. The summed E-state index contributed by atoms with van der Waals surface area (Å²) in [6.45, 7) is 0. The molecule has 5 rings (SSSR count). The largest absolute Gasteiger partial charge is 0.361 e. The van der Waals surface area contributed by atoms with Crippen molar-refractivity contribution in [3.05, 3.63) is 90.9 Å². The monoisotopic (exact) mass is 352 g/mol. The molecule has 0 radical (unpaired) electrons. The minimum Gasteiger partial charge on any atom is -0.361 e. The number of para-hydroxylation sites is 1. The molecule has 0 spiro atoms. The number of nitrogens with zero attached hydrogens (tertiary/aromatic N) is 2. The second kappa shape index (κ2) is 6.14. The number of amides is 1. The third-order valence-corrected chi connectivity index (χ3v) is 4.63. The van der Waals surface area contributed by atoms with Gasteiger partial charge in [0.2, 0.25) is 0 Å². The first-order valence-corrected chi connectivity index (χ1v) is 8.69. The van der Waals surface area contributed by atoms with Crippen LogP contribution in [0.5, 0.6) is 0 Å². The van der Waals surface area contributed by atoms with Crippen molar-refractivity contribution in [2.24, 2.45) is 0 Å². The highest BCUT2D eigenvalue weighted by molar-refractivity contribution is 6.07. The van der Waals surface area contributed by atoms with Crippen molar-refractivity contribution >= 4 is 28.1 Å². The Bertz CT molecular complexity index is 1250. The van der Waals surface area contributed by atoms with Crippen molar-refractivity contribution < 1.29 is 4.79 Å². The molecule has 27 heavy (non-hydrogen) atoms. The van der Waals surface area contributed by atoms with Crippen LogP contribution >= 0.6 is 0 Å². The Morgan fingerprint density at radius 3 is 2.81 bits per heavy atom. The highest BCUT2D eigenvalue weighted by Crippen LogP contribution is 2.28. The van der Waals surface area contributed by atoms with Gasteiger partial charge in [-0.3, -0.25) is 4.79 Å². The van der Waals surface area contributed by atoms with E-state index in [1.54, 1.807) is 0 Å². The van der Waals surface area contributed by atoms with E-state index in [0.717, 1.165) is 33.5 Å². The number of pyridine rings is 1. The first-order valence-electron chi connectivity index (χ1n) is 8.69. The number of imidazole rings is 1. The zero-order valence-corrected chi connectivity index (χ0v) is 14.4. The molecule has 5 aromatic rings. The molecular formula is C22H16N4O. The van der Waals surface area contributed by atoms with E-state index < -0.39 is 0 Å². The number of hydrogen-bond acceptors (Lipinski definition) is 2. The molecule has 130 valence electrons. The Balaban J connectivity index is 1.51. The molecule has 2 N–H and O–H groups in total. The van der Waals surface area contributed by atoms with Gasteiger partial charge >= 0.3 is 0 Å². The normalized spacial score (nSPS) is 11.1. The molecule has 0 aliphatic carbocycles. The molecule has 0 saturated heterocycles.